The van der Waals surface area contributed by atoms with Crippen LogP contribution in [0.5, 0.6) is 0 Å². The molecule has 0 aliphatic carbocycles. The SMILES string of the molecule is CCCn1c(=S)sc2c(NN)nc(C)nc21. The van der Waals surface area contributed by atoms with E-state index in [-0.39, 0.29) is 0 Å². The van der Waals surface area contributed by atoms with Crippen molar-refractivity contribution in [2.24, 2.45) is 5.84 Å². The second-order valence-corrected chi connectivity index (χ2v) is 5.08. The summed E-state index contributed by atoms with van der Waals surface area (Å²) in [7, 11) is 0. The van der Waals surface area contributed by atoms with Crippen LogP contribution < -0.4 is 11.3 Å². The number of hydrogen-bond acceptors (Lipinski definition) is 6. The molecule has 0 amide bonds. The molecule has 0 radical (unpaired) electrons. The number of nitrogen functional groups attached to an aromatic ring is 1. The molecule has 0 unspecified atom stereocenters. The minimum atomic E-state index is 0.647. The second-order valence-electron chi connectivity index (χ2n) is 3.44. The van der Waals surface area contributed by atoms with Crippen LogP contribution in [-0.4, -0.2) is 14.5 Å². The van der Waals surface area contributed by atoms with Crippen molar-refractivity contribution in [3.63, 3.8) is 0 Å². The van der Waals surface area contributed by atoms with E-state index in [0.29, 0.717) is 11.6 Å². The molecule has 2 heterocycles. The van der Waals surface area contributed by atoms with E-state index in [2.05, 4.69) is 22.3 Å². The summed E-state index contributed by atoms with van der Waals surface area (Å²) in [6.45, 7) is 4.83. The normalized spacial score (nSPS) is 10.9. The molecule has 0 bridgehead atoms. The van der Waals surface area contributed by atoms with Gasteiger partial charge in [0, 0.05) is 6.54 Å². The van der Waals surface area contributed by atoms with E-state index in [1.54, 1.807) is 0 Å². The Labute approximate surface area is 102 Å². The number of anilines is 1. The summed E-state index contributed by atoms with van der Waals surface area (Å²) in [5, 5.41) is 0. The number of aromatic nitrogens is 3. The van der Waals surface area contributed by atoms with E-state index in [1.165, 1.54) is 11.3 Å². The van der Waals surface area contributed by atoms with Crippen LogP contribution in [0, 0.1) is 10.9 Å². The number of rotatable bonds is 3. The molecule has 2 aromatic heterocycles. The Balaban J connectivity index is 2.78. The van der Waals surface area contributed by atoms with Crippen LogP contribution in [0.25, 0.3) is 10.3 Å². The first-order valence-electron chi connectivity index (χ1n) is 5.02. The maximum Gasteiger partial charge on any atom is 0.163 e. The zero-order valence-electron chi connectivity index (χ0n) is 9.15. The average Bonchev–Trinajstić information content (AvgIpc) is 2.56. The summed E-state index contributed by atoms with van der Waals surface area (Å²) >= 11 is 6.80. The fourth-order valence-electron chi connectivity index (χ4n) is 1.57. The largest absolute Gasteiger partial charge is 0.308 e. The summed E-state index contributed by atoms with van der Waals surface area (Å²) in [6, 6.07) is 0. The van der Waals surface area contributed by atoms with Crippen LogP contribution in [-0.2, 0) is 6.54 Å². The van der Waals surface area contributed by atoms with Gasteiger partial charge in [-0.05, 0) is 25.6 Å². The highest BCUT2D eigenvalue weighted by molar-refractivity contribution is 7.73. The standard InChI is InChI=1S/C9H13N5S2/c1-3-4-14-8-6(16-9(14)15)7(13-10)11-5(2)12-8/h3-4,10H2,1-2H3,(H,11,12,13). The van der Waals surface area contributed by atoms with Gasteiger partial charge in [-0.3, -0.25) is 0 Å². The smallest absolute Gasteiger partial charge is 0.163 e. The summed E-state index contributed by atoms with van der Waals surface area (Å²) in [5.41, 5.74) is 3.47. The molecule has 2 aromatic rings. The molecule has 0 saturated heterocycles. The third-order valence-corrected chi connectivity index (χ3v) is 3.65. The molecule has 0 aliphatic rings. The lowest BCUT2D eigenvalue weighted by atomic mass is 10.4. The fourth-order valence-corrected chi connectivity index (χ4v) is 2.91. The van der Waals surface area contributed by atoms with Crippen LogP contribution in [0.3, 0.4) is 0 Å². The Morgan fingerprint density at radius 3 is 2.88 bits per heavy atom. The van der Waals surface area contributed by atoms with Crippen molar-refractivity contribution < 1.29 is 0 Å². The lowest BCUT2D eigenvalue weighted by molar-refractivity contribution is 0.693. The predicted octanol–water partition coefficient (Wildman–Crippen LogP) is 2.23. The molecule has 0 fully saturated rings. The Kier molecular flexibility index (Phi) is 3.17. The van der Waals surface area contributed by atoms with Crippen LogP contribution in [0.2, 0.25) is 0 Å². The van der Waals surface area contributed by atoms with Gasteiger partial charge in [-0.2, -0.15) is 0 Å². The van der Waals surface area contributed by atoms with E-state index in [0.717, 1.165) is 27.3 Å². The monoisotopic (exact) mass is 255 g/mol. The van der Waals surface area contributed by atoms with Crippen molar-refractivity contribution in [1.82, 2.24) is 14.5 Å². The van der Waals surface area contributed by atoms with Gasteiger partial charge in [0.1, 0.15) is 10.5 Å². The van der Waals surface area contributed by atoms with Crippen LogP contribution in [0.1, 0.15) is 19.2 Å². The highest BCUT2D eigenvalue weighted by atomic mass is 32.1. The van der Waals surface area contributed by atoms with Crippen molar-refractivity contribution in [2.75, 3.05) is 5.43 Å². The maximum absolute atomic E-state index is 5.44. The topological polar surface area (TPSA) is 68.8 Å². The average molecular weight is 255 g/mol. The Morgan fingerprint density at radius 2 is 2.25 bits per heavy atom. The molecule has 86 valence electrons. The van der Waals surface area contributed by atoms with Gasteiger partial charge >= 0.3 is 0 Å². The van der Waals surface area contributed by atoms with Gasteiger partial charge in [-0.25, -0.2) is 15.8 Å². The third kappa shape index (κ3) is 1.81. The number of thiazole rings is 1. The molecule has 7 heteroatoms. The van der Waals surface area contributed by atoms with Crippen molar-refractivity contribution in [3.8, 4) is 0 Å². The number of nitrogens with two attached hydrogens (primary N) is 1. The zero-order valence-corrected chi connectivity index (χ0v) is 10.8. The number of hydrogen-bond donors (Lipinski definition) is 2. The highest BCUT2D eigenvalue weighted by Gasteiger charge is 2.11. The number of aryl methyl sites for hydroxylation is 2. The minimum Gasteiger partial charge on any atom is -0.308 e. The Hall–Kier alpha value is -1.05. The van der Waals surface area contributed by atoms with Gasteiger partial charge in [0.2, 0.25) is 0 Å². The molecule has 0 saturated carbocycles. The molecule has 2 rings (SSSR count). The fraction of sp³-hybridized carbons (Fsp3) is 0.444. The molecular formula is C9H13N5S2. The quantitative estimate of drug-likeness (QED) is 0.500. The van der Waals surface area contributed by atoms with Crippen molar-refractivity contribution >= 4 is 39.7 Å². The van der Waals surface area contributed by atoms with Crippen molar-refractivity contribution in [2.45, 2.75) is 26.8 Å². The molecule has 0 atom stereocenters. The van der Waals surface area contributed by atoms with E-state index in [9.17, 15) is 0 Å². The number of nitrogens with one attached hydrogen (secondary N) is 1. The zero-order chi connectivity index (χ0) is 11.7. The molecule has 5 nitrogen and oxygen atoms in total. The maximum atomic E-state index is 5.44. The van der Waals surface area contributed by atoms with Gasteiger partial charge in [0.05, 0.1) is 0 Å². The summed E-state index contributed by atoms with van der Waals surface area (Å²) in [5.74, 6) is 6.78. The van der Waals surface area contributed by atoms with Crippen LogP contribution >= 0.6 is 23.6 Å². The lowest BCUT2D eigenvalue weighted by Crippen LogP contribution is -2.10. The summed E-state index contributed by atoms with van der Waals surface area (Å²) in [6.07, 6.45) is 1.02. The molecule has 16 heavy (non-hydrogen) atoms. The molecule has 0 aliphatic heterocycles. The first kappa shape index (κ1) is 11.4. The van der Waals surface area contributed by atoms with Gasteiger partial charge in [0.25, 0.3) is 0 Å². The number of nitrogens with zero attached hydrogens (tertiary/aromatic N) is 3. The first-order valence-corrected chi connectivity index (χ1v) is 6.24. The van der Waals surface area contributed by atoms with E-state index < -0.39 is 0 Å². The highest BCUT2D eigenvalue weighted by Crippen LogP contribution is 2.27. The van der Waals surface area contributed by atoms with E-state index >= 15 is 0 Å². The second kappa shape index (κ2) is 4.44. The third-order valence-electron chi connectivity index (χ3n) is 2.21. The number of fused-ring (bicyclic) bond motifs is 1. The van der Waals surface area contributed by atoms with Gasteiger partial charge in [0.15, 0.2) is 15.4 Å². The summed E-state index contributed by atoms with van der Waals surface area (Å²) < 4.78 is 3.77. The van der Waals surface area contributed by atoms with Gasteiger partial charge in [-0.1, -0.05) is 18.3 Å². The van der Waals surface area contributed by atoms with Gasteiger partial charge in [-0.15, -0.1) is 0 Å². The molecule has 0 aromatic carbocycles. The Bertz CT molecular complexity index is 571. The van der Waals surface area contributed by atoms with Crippen LogP contribution in [0.4, 0.5) is 5.82 Å². The van der Waals surface area contributed by atoms with Crippen LogP contribution in [0.15, 0.2) is 0 Å². The van der Waals surface area contributed by atoms with Crippen molar-refractivity contribution in [1.29, 1.82) is 0 Å². The Morgan fingerprint density at radius 1 is 1.50 bits per heavy atom. The molecule has 3 N–H and O–H groups in total. The first-order chi connectivity index (χ1) is 7.67. The molecular weight excluding hydrogens is 242 g/mol. The predicted molar refractivity (Wildman–Crippen MR) is 69.1 cm³/mol. The van der Waals surface area contributed by atoms with Crippen molar-refractivity contribution in [3.05, 3.63) is 9.78 Å². The lowest BCUT2D eigenvalue weighted by Gasteiger charge is -2.04. The minimum absolute atomic E-state index is 0.647. The van der Waals surface area contributed by atoms with E-state index in [4.69, 9.17) is 18.1 Å². The number of hydrazine groups is 1. The molecule has 0 spiro atoms. The van der Waals surface area contributed by atoms with E-state index in [1.807, 2.05) is 11.5 Å². The summed E-state index contributed by atoms with van der Waals surface area (Å²) in [4.78, 5) is 8.66. The van der Waals surface area contributed by atoms with Gasteiger partial charge < -0.3 is 9.99 Å².